The van der Waals surface area contributed by atoms with Gasteiger partial charge >= 0.3 is 0 Å². The number of methoxy groups -OCH3 is 1. The summed E-state index contributed by atoms with van der Waals surface area (Å²) >= 11 is 0. The number of carbonyl (C=O) groups is 2. The minimum atomic E-state index is -0.747. The lowest BCUT2D eigenvalue weighted by atomic mass is 10.2. The van der Waals surface area contributed by atoms with E-state index in [1.807, 2.05) is 19.1 Å². The first-order chi connectivity index (χ1) is 15.5. The maximum absolute atomic E-state index is 12.5. The molecule has 2 amide bonds. The van der Waals surface area contributed by atoms with Gasteiger partial charge in [-0.15, -0.1) is 0 Å². The van der Waals surface area contributed by atoms with Gasteiger partial charge in [0.25, 0.3) is 11.8 Å². The lowest BCUT2D eigenvalue weighted by molar-refractivity contribution is -0.122. The van der Waals surface area contributed by atoms with Crippen molar-refractivity contribution >= 4 is 23.2 Å². The van der Waals surface area contributed by atoms with Crippen molar-refractivity contribution in [1.82, 2.24) is 0 Å². The molecule has 3 aromatic carbocycles. The Morgan fingerprint density at radius 3 is 2.19 bits per heavy atom. The summed E-state index contributed by atoms with van der Waals surface area (Å²) in [6.45, 7) is 4.03. The molecule has 0 saturated heterocycles. The van der Waals surface area contributed by atoms with E-state index in [0.717, 1.165) is 0 Å². The number of hydrogen-bond donors (Lipinski definition) is 2. The van der Waals surface area contributed by atoms with Gasteiger partial charge in [-0.3, -0.25) is 9.59 Å². The summed E-state index contributed by atoms with van der Waals surface area (Å²) in [7, 11) is 1.58. The van der Waals surface area contributed by atoms with Crippen LogP contribution in [-0.4, -0.2) is 31.6 Å². The smallest absolute Gasteiger partial charge is 0.265 e. The summed E-state index contributed by atoms with van der Waals surface area (Å²) in [4.78, 5) is 25.0. The number of carbonyl (C=O) groups excluding carboxylic acids is 2. The van der Waals surface area contributed by atoms with Crippen molar-refractivity contribution < 1.29 is 23.8 Å². The van der Waals surface area contributed by atoms with E-state index in [1.54, 1.807) is 74.7 Å². The van der Waals surface area contributed by atoms with Crippen LogP contribution in [0.2, 0.25) is 0 Å². The molecule has 1 unspecified atom stereocenters. The highest BCUT2D eigenvalue weighted by atomic mass is 16.5. The Labute approximate surface area is 187 Å². The lowest BCUT2D eigenvalue weighted by Gasteiger charge is -2.16. The van der Waals surface area contributed by atoms with Crippen molar-refractivity contribution in [2.24, 2.45) is 0 Å². The summed E-state index contributed by atoms with van der Waals surface area (Å²) in [6, 6.07) is 20.9. The van der Waals surface area contributed by atoms with Crippen LogP contribution in [0, 0.1) is 0 Å². The highest BCUT2D eigenvalue weighted by molar-refractivity contribution is 6.04. The van der Waals surface area contributed by atoms with E-state index in [4.69, 9.17) is 14.2 Å². The molecule has 0 spiro atoms. The Balaban J connectivity index is 1.57. The first-order valence-electron chi connectivity index (χ1n) is 10.2. The van der Waals surface area contributed by atoms with Gasteiger partial charge in [0.1, 0.15) is 17.2 Å². The highest BCUT2D eigenvalue weighted by Crippen LogP contribution is 2.24. The molecule has 0 fully saturated rings. The van der Waals surface area contributed by atoms with Gasteiger partial charge in [-0.2, -0.15) is 0 Å². The Morgan fingerprint density at radius 2 is 1.53 bits per heavy atom. The van der Waals surface area contributed by atoms with Gasteiger partial charge in [0.2, 0.25) is 0 Å². The minimum absolute atomic E-state index is 0.250. The van der Waals surface area contributed by atoms with Crippen LogP contribution in [0.25, 0.3) is 0 Å². The van der Waals surface area contributed by atoms with Gasteiger partial charge in [0, 0.05) is 11.3 Å². The maximum atomic E-state index is 12.5. The molecule has 0 radical (unpaired) electrons. The van der Waals surface area contributed by atoms with E-state index < -0.39 is 6.10 Å². The molecule has 0 bridgehead atoms. The summed E-state index contributed by atoms with van der Waals surface area (Å²) in [6.07, 6.45) is -0.747. The third-order valence-corrected chi connectivity index (χ3v) is 4.59. The largest absolute Gasteiger partial charge is 0.497 e. The van der Waals surface area contributed by atoms with Crippen LogP contribution >= 0.6 is 0 Å². The second-order valence-corrected chi connectivity index (χ2v) is 6.89. The summed E-state index contributed by atoms with van der Waals surface area (Å²) in [5.41, 5.74) is 1.71. The molecule has 32 heavy (non-hydrogen) atoms. The number of hydrogen-bond acceptors (Lipinski definition) is 5. The van der Waals surface area contributed by atoms with Crippen LogP contribution < -0.4 is 24.8 Å². The average Bonchev–Trinajstić information content (AvgIpc) is 2.81. The minimum Gasteiger partial charge on any atom is -0.497 e. The summed E-state index contributed by atoms with van der Waals surface area (Å²) in [5.74, 6) is 1.23. The fourth-order valence-electron chi connectivity index (χ4n) is 2.91. The van der Waals surface area contributed by atoms with Crippen molar-refractivity contribution in [3.63, 3.8) is 0 Å². The van der Waals surface area contributed by atoms with Crippen LogP contribution in [0.15, 0.2) is 72.8 Å². The van der Waals surface area contributed by atoms with Crippen LogP contribution in [0.1, 0.15) is 24.2 Å². The Morgan fingerprint density at radius 1 is 0.875 bits per heavy atom. The molecule has 1 atom stereocenters. The van der Waals surface area contributed by atoms with E-state index in [-0.39, 0.29) is 11.8 Å². The van der Waals surface area contributed by atoms with Crippen molar-refractivity contribution in [3.05, 3.63) is 78.4 Å². The average molecular weight is 434 g/mol. The normalized spacial score (nSPS) is 11.2. The quantitative estimate of drug-likeness (QED) is 0.508. The van der Waals surface area contributed by atoms with Crippen LogP contribution in [0.3, 0.4) is 0 Å². The highest BCUT2D eigenvalue weighted by Gasteiger charge is 2.17. The standard InChI is InChI=1S/C25H26N2O5/c1-4-31-23-8-6-5-7-22(23)27-24(28)17(2)32-21-13-9-18(10-14-21)25(29)26-19-11-15-20(30-3)16-12-19/h5-17H,4H2,1-3H3,(H,26,29)(H,27,28). The topological polar surface area (TPSA) is 85.9 Å². The third kappa shape index (κ3) is 6.01. The van der Waals surface area contributed by atoms with Crippen molar-refractivity contribution in [2.75, 3.05) is 24.4 Å². The van der Waals surface area contributed by atoms with Gasteiger partial charge in [0.15, 0.2) is 6.10 Å². The first kappa shape index (κ1) is 22.7. The molecule has 0 aliphatic carbocycles. The predicted molar refractivity (Wildman–Crippen MR) is 124 cm³/mol. The van der Waals surface area contributed by atoms with Gasteiger partial charge in [0.05, 0.1) is 19.4 Å². The Bertz CT molecular complexity index is 1050. The number of nitrogens with one attached hydrogen (secondary N) is 2. The third-order valence-electron chi connectivity index (χ3n) is 4.59. The Kier molecular flexibility index (Phi) is 7.70. The molecule has 7 heteroatoms. The van der Waals surface area contributed by atoms with E-state index in [0.29, 0.717) is 40.8 Å². The number of amides is 2. The van der Waals surface area contributed by atoms with E-state index in [9.17, 15) is 9.59 Å². The van der Waals surface area contributed by atoms with Crippen LogP contribution in [-0.2, 0) is 4.79 Å². The van der Waals surface area contributed by atoms with Gasteiger partial charge in [-0.1, -0.05) is 12.1 Å². The summed E-state index contributed by atoms with van der Waals surface area (Å²) in [5, 5.41) is 5.64. The molecule has 0 heterocycles. The molecule has 0 aromatic heterocycles. The van der Waals surface area contributed by atoms with Crippen molar-refractivity contribution in [3.8, 4) is 17.2 Å². The van der Waals surface area contributed by atoms with Crippen LogP contribution in [0.5, 0.6) is 17.2 Å². The number of anilines is 2. The second-order valence-electron chi connectivity index (χ2n) is 6.89. The molecule has 0 aliphatic heterocycles. The summed E-state index contributed by atoms with van der Waals surface area (Å²) < 4.78 is 16.4. The molecule has 0 saturated carbocycles. The predicted octanol–water partition coefficient (Wildman–Crippen LogP) is 4.75. The van der Waals surface area contributed by atoms with Gasteiger partial charge in [-0.05, 0) is 74.5 Å². The SMILES string of the molecule is CCOc1ccccc1NC(=O)C(C)Oc1ccc(C(=O)Nc2ccc(OC)cc2)cc1. The number of rotatable bonds is 9. The number of ether oxygens (including phenoxy) is 3. The molecule has 166 valence electrons. The fraction of sp³-hybridized carbons (Fsp3) is 0.200. The zero-order valence-corrected chi connectivity index (χ0v) is 18.3. The monoisotopic (exact) mass is 434 g/mol. The first-order valence-corrected chi connectivity index (χ1v) is 10.2. The van der Waals surface area contributed by atoms with Crippen molar-refractivity contribution in [1.29, 1.82) is 0 Å². The molecule has 3 rings (SSSR count). The second kappa shape index (κ2) is 10.9. The fourth-order valence-corrected chi connectivity index (χ4v) is 2.91. The van der Waals surface area contributed by atoms with Gasteiger partial charge < -0.3 is 24.8 Å². The maximum Gasteiger partial charge on any atom is 0.265 e. The zero-order chi connectivity index (χ0) is 22.9. The molecule has 2 N–H and O–H groups in total. The van der Waals surface area contributed by atoms with Gasteiger partial charge in [-0.25, -0.2) is 0 Å². The van der Waals surface area contributed by atoms with Crippen molar-refractivity contribution in [2.45, 2.75) is 20.0 Å². The Hall–Kier alpha value is -4.00. The van der Waals surface area contributed by atoms with Crippen LogP contribution in [0.4, 0.5) is 11.4 Å². The molecule has 3 aromatic rings. The number of para-hydroxylation sites is 2. The molecule has 0 aliphatic rings. The molecular formula is C25H26N2O5. The molecule has 7 nitrogen and oxygen atoms in total. The van der Waals surface area contributed by atoms with E-state index in [2.05, 4.69) is 10.6 Å². The van der Waals surface area contributed by atoms with E-state index in [1.165, 1.54) is 0 Å². The molecular weight excluding hydrogens is 408 g/mol. The zero-order valence-electron chi connectivity index (χ0n) is 18.3. The number of benzene rings is 3. The lowest BCUT2D eigenvalue weighted by Crippen LogP contribution is -2.30. The van der Waals surface area contributed by atoms with E-state index >= 15 is 0 Å².